The molecule has 0 radical (unpaired) electrons. The maximum Gasteiger partial charge on any atom is 0.315 e. The van der Waals surface area contributed by atoms with Crippen LogP contribution in [0.25, 0.3) is 0 Å². The minimum absolute atomic E-state index is 0.114. The van der Waals surface area contributed by atoms with Gasteiger partial charge in [0.15, 0.2) is 0 Å². The first-order valence-corrected chi connectivity index (χ1v) is 6.17. The molecule has 3 N–H and O–H groups in total. The van der Waals surface area contributed by atoms with Crippen molar-refractivity contribution in [2.45, 2.75) is 26.5 Å². The van der Waals surface area contributed by atoms with E-state index in [0.717, 1.165) is 5.69 Å². The molecule has 5 nitrogen and oxygen atoms in total. The number of hydrogen-bond acceptors (Lipinski definition) is 3. The summed E-state index contributed by atoms with van der Waals surface area (Å²) in [4.78, 5) is 15.5. The first-order chi connectivity index (χ1) is 8.49. The van der Waals surface area contributed by atoms with Crippen molar-refractivity contribution in [1.29, 1.82) is 0 Å². The molecule has 0 aromatic carbocycles. The molecule has 0 aliphatic carbocycles. The number of nitrogens with zero attached hydrogens (tertiary/aromatic N) is 1. The molecule has 0 bridgehead atoms. The van der Waals surface area contributed by atoms with E-state index < -0.39 is 6.10 Å². The number of nitrogens with one attached hydrogen (secondary N) is 2. The molecule has 0 saturated heterocycles. The fourth-order valence-electron chi connectivity index (χ4n) is 1.18. The highest BCUT2D eigenvalue weighted by atomic mass is 35.5. The Balaban J connectivity index is 2.27. The van der Waals surface area contributed by atoms with Crippen LogP contribution in [0.3, 0.4) is 0 Å². The van der Waals surface area contributed by atoms with Crippen molar-refractivity contribution in [1.82, 2.24) is 15.6 Å². The van der Waals surface area contributed by atoms with Crippen LogP contribution in [-0.4, -0.2) is 28.8 Å². The number of aliphatic hydroxyl groups is 1. The van der Waals surface area contributed by atoms with Gasteiger partial charge >= 0.3 is 6.03 Å². The summed E-state index contributed by atoms with van der Waals surface area (Å²) in [5.74, 6) is 0.114. The molecule has 6 heteroatoms. The molecule has 1 aromatic rings. The zero-order chi connectivity index (χ0) is 13.5. The van der Waals surface area contributed by atoms with Gasteiger partial charge in [0.2, 0.25) is 0 Å². The zero-order valence-corrected chi connectivity index (χ0v) is 11.2. The highest BCUT2D eigenvalue weighted by Crippen LogP contribution is 2.05. The molecule has 2 amide bonds. The lowest BCUT2D eigenvalue weighted by Crippen LogP contribution is -2.40. The standard InChI is InChI=1S/C12H18ClN3O2/c1-8(2)11(17)7-16-12(18)15-6-10-4-3-9(13)5-14-10/h3-5,8,11,17H,6-7H2,1-2H3,(H2,15,16,18). The Hall–Kier alpha value is -1.33. The van der Waals surface area contributed by atoms with Gasteiger partial charge in [-0.15, -0.1) is 0 Å². The third kappa shape index (κ3) is 5.33. The monoisotopic (exact) mass is 271 g/mol. The second kappa shape index (κ2) is 7.18. The number of amides is 2. The van der Waals surface area contributed by atoms with Gasteiger partial charge in [-0.25, -0.2) is 4.79 Å². The van der Waals surface area contributed by atoms with Crippen molar-refractivity contribution in [3.63, 3.8) is 0 Å². The highest BCUT2D eigenvalue weighted by Gasteiger charge is 2.10. The average molecular weight is 272 g/mol. The van der Waals surface area contributed by atoms with Gasteiger partial charge in [0, 0.05) is 12.7 Å². The van der Waals surface area contributed by atoms with E-state index in [2.05, 4.69) is 15.6 Å². The summed E-state index contributed by atoms with van der Waals surface area (Å²) in [7, 11) is 0. The van der Waals surface area contributed by atoms with E-state index in [1.807, 2.05) is 13.8 Å². The Kier molecular flexibility index (Phi) is 5.88. The van der Waals surface area contributed by atoms with Crippen molar-refractivity contribution in [3.8, 4) is 0 Å². The van der Waals surface area contributed by atoms with E-state index in [0.29, 0.717) is 11.6 Å². The van der Waals surface area contributed by atoms with E-state index >= 15 is 0 Å². The van der Waals surface area contributed by atoms with Crippen LogP contribution in [0, 0.1) is 5.92 Å². The summed E-state index contributed by atoms with van der Waals surface area (Å²) in [6, 6.07) is 3.13. The van der Waals surface area contributed by atoms with Crippen molar-refractivity contribution >= 4 is 17.6 Å². The second-order valence-corrected chi connectivity index (χ2v) is 4.78. The average Bonchev–Trinajstić information content (AvgIpc) is 2.35. The normalized spacial score (nSPS) is 12.3. The summed E-state index contributed by atoms with van der Waals surface area (Å²) in [5.41, 5.74) is 0.721. The van der Waals surface area contributed by atoms with Crippen LogP contribution >= 0.6 is 11.6 Å². The van der Waals surface area contributed by atoms with Crippen LogP contribution in [0.4, 0.5) is 4.79 Å². The Labute approximate surface area is 112 Å². The van der Waals surface area contributed by atoms with Gasteiger partial charge < -0.3 is 15.7 Å². The summed E-state index contributed by atoms with van der Waals surface area (Å²) in [6.45, 7) is 4.34. The quantitative estimate of drug-likeness (QED) is 0.761. The minimum atomic E-state index is -0.538. The number of aliphatic hydroxyl groups excluding tert-OH is 1. The number of pyridine rings is 1. The van der Waals surface area contributed by atoms with Crippen molar-refractivity contribution in [2.24, 2.45) is 5.92 Å². The van der Waals surface area contributed by atoms with E-state index in [1.54, 1.807) is 12.1 Å². The third-order valence-corrected chi connectivity index (χ3v) is 2.68. The van der Waals surface area contributed by atoms with E-state index in [1.165, 1.54) is 6.20 Å². The van der Waals surface area contributed by atoms with Crippen molar-refractivity contribution in [2.75, 3.05) is 6.54 Å². The van der Waals surface area contributed by atoms with Crippen molar-refractivity contribution in [3.05, 3.63) is 29.0 Å². The molecule has 0 aliphatic heterocycles. The summed E-state index contributed by atoms with van der Waals surface area (Å²) in [5, 5.41) is 15.3. The topological polar surface area (TPSA) is 74.2 Å². The van der Waals surface area contributed by atoms with Crippen LogP contribution in [0.2, 0.25) is 5.02 Å². The van der Waals surface area contributed by atoms with E-state index in [9.17, 15) is 9.90 Å². The van der Waals surface area contributed by atoms with Crippen LogP contribution < -0.4 is 10.6 Å². The van der Waals surface area contributed by atoms with Gasteiger partial charge in [-0.1, -0.05) is 25.4 Å². The van der Waals surface area contributed by atoms with Gasteiger partial charge in [0.05, 0.1) is 23.4 Å². The number of rotatable bonds is 5. The number of carbonyl (C=O) groups excluding carboxylic acids is 1. The van der Waals surface area contributed by atoms with Gasteiger partial charge in [-0.05, 0) is 18.1 Å². The molecule has 100 valence electrons. The first kappa shape index (κ1) is 14.7. The number of urea groups is 1. The SMILES string of the molecule is CC(C)C(O)CNC(=O)NCc1ccc(Cl)cn1. The molecule has 0 spiro atoms. The molecule has 1 atom stereocenters. The molecule has 1 unspecified atom stereocenters. The van der Waals surface area contributed by atoms with Gasteiger partial charge in [-0.2, -0.15) is 0 Å². The maximum atomic E-state index is 11.4. The molecule has 1 heterocycles. The van der Waals surface area contributed by atoms with Crippen LogP contribution in [-0.2, 0) is 6.54 Å². The Morgan fingerprint density at radius 1 is 1.44 bits per heavy atom. The number of hydrogen-bond donors (Lipinski definition) is 3. The number of aromatic nitrogens is 1. The molecule has 1 rings (SSSR count). The molecule has 0 saturated carbocycles. The highest BCUT2D eigenvalue weighted by molar-refractivity contribution is 6.30. The molecule has 0 aliphatic rings. The van der Waals surface area contributed by atoms with Gasteiger partial charge in [0.1, 0.15) is 0 Å². The van der Waals surface area contributed by atoms with Gasteiger partial charge in [-0.3, -0.25) is 4.98 Å². The Morgan fingerprint density at radius 2 is 2.17 bits per heavy atom. The lowest BCUT2D eigenvalue weighted by atomic mass is 10.1. The third-order valence-electron chi connectivity index (χ3n) is 2.46. The fourth-order valence-corrected chi connectivity index (χ4v) is 1.29. The molecule has 1 aromatic heterocycles. The Morgan fingerprint density at radius 3 is 2.72 bits per heavy atom. The predicted molar refractivity (Wildman–Crippen MR) is 70.3 cm³/mol. The number of carbonyl (C=O) groups is 1. The zero-order valence-electron chi connectivity index (χ0n) is 10.5. The van der Waals surface area contributed by atoms with E-state index in [-0.39, 0.29) is 18.5 Å². The van der Waals surface area contributed by atoms with E-state index in [4.69, 9.17) is 11.6 Å². The molecule has 0 fully saturated rings. The molecule has 18 heavy (non-hydrogen) atoms. The van der Waals surface area contributed by atoms with Crippen LogP contribution in [0.5, 0.6) is 0 Å². The van der Waals surface area contributed by atoms with Gasteiger partial charge in [0.25, 0.3) is 0 Å². The smallest absolute Gasteiger partial charge is 0.315 e. The molecular weight excluding hydrogens is 254 g/mol. The van der Waals surface area contributed by atoms with Crippen molar-refractivity contribution < 1.29 is 9.90 Å². The maximum absolute atomic E-state index is 11.4. The lowest BCUT2D eigenvalue weighted by Gasteiger charge is -2.15. The lowest BCUT2D eigenvalue weighted by molar-refractivity contribution is 0.125. The number of halogens is 1. The predicted octanol–water partition coefficient (Wildman–Crippen LogP) is 1.55. The largest absolute Gasteiger partial charge is 0.391 e. The Bertz CT molecular complexity index is 381. The van der Waals surface area contributed by atoms with Crippen LogP contribution in [0.15, 0.2) is 18.3 Å². The second-order valence-electron chi connectivity index (χ2n) is 4.34. The minimum Gasteiger partial charge on any atom is -0.391 e. The summed E-state index contributed by atoms with van der Waals surface area (Å²) >= 11 is 5.70. The van der Waals surface area contributed by atoms with Crippen LogP contribution in [0.1, 0.15) is 19.5 Å². The fraction of sp³-hybridized carbons (Fsp3) is 0.500. The first-order valence-electron chi connectivity index (χ1n) is 5.79. The summed E-state index contributed by atoms with van der Waals surface area (Å²) in [6.07, 6.45) is 0.989. The molecular formula is C12H18ClN3O2. The summed E-state index contributed by atoms with van der Waals surface area (Å²) < 4.78 is 0.